The Balaban J connectivity index is 2.17. The highest BCUT2D eigenvalue weighted by atomic mass is 79.9. The van der Waals surface area contributed by atoms with E-state index in [1.54, 1.807) is 23.9 Å². The molecule has 0 fully saturated rings. The average Bonchev–Trinajstić information content (AvgIpc) is 2.55. The summed E-state index contributed by atoms with van der Waals surface area (Å²) in [7, 11) is 0. The van der Waals surface area contributed by atoms with E-state index in [-0.39, 0.29) is 6.29 Å². The third-order valence-electron chi connectivity index (χ3n) is 1.29. The van der Waals surface area contributed by atoms with Gasteiger partial charge in [-0.15, -0.1) is 11.3 Å². The van der Waals surface area contributed by atoms with Gasteiger partial charge in [-0.05, 0) is 28.1 Å². The molecule has 0 amide bonds. The molecule has 0 N–H and O–H groups in total. The van der Waals surface area contributed by atoms with E-state index in [0.29, 0.717) is 0 Å². The predicted molar refractivity (Wildman–Crippen MR) is 46.1 cm³/mol. The molecule has 2 heterocycles. The Labute approximate surface area is 76.6 Å². The fourth-order valence-corrected chi connectivity index (χ4v) is 2.23. The summed E-state index contributed by atoms with van der Waals surface area (Å²) in [6.45, 7) is 0. The largest absolute Gasteiger partial charge is 0.454 e. The van der Waals surface area contributed by atoms with Crippen molar-refractivity contribution in [3.8, 4) is 0 Å². The molecule has 4 heteroatoms. The lowest BCUT2D eigenvalue weighted by atomic mass is 10.5. The van der Waals surface area contributed by atoms with E-state index < -0.39 is 0 Å². The lowest BCUT2D eigenvalue weighted by Gasteiger charge is -2.05. The van der Waals surface area contributed by atoms with E-state index in [9.17, 15) is 0 Å². The lowest BCUT2D eigenvalue weighted by Crippen LogP contribution is -1.92. The van der Waals surface area contributed by atoms with Crippen LogP contribution in [0.5, 0.6) is 0 Å². The van der Waals surface area contributed by atoms with Crippen LogP contribution in [-0.2, 0) is 9.47 Å². The highest BCUT2D eigenvalue weighted by molar-refractivity contribution is 9.11. The summed E-state index contributed by atoms with van der Waals surface area (Å²) in [6.07, 6.45) is 2.88. The van der Waals surface area contributed by atoms with Gasteiger partial charge in [-0.3, -0.25) is 0 Å². The number of rotatable bonds is 1. The number of thiophene rings is 1. The molecule has 1 aromatic rings. The zero-order valence-corrected chi connectivity index (χ0v) is 7.89. The number of hydrogen-bond donors (Lipinski definition) is 0. The maximum absolute atomic E-state index is 5.14. The molecule has 58 valence electrons. The van der Waals surface area contributed by atoms with E-state index in [1.165, 1.54) is 0 Å². The third kappa shape index (κ3) is 1.41. The van der Waals surface area contributed by atoms with Gasteiger partial charge in [-0.25, -0.2) is 0 Å². The van der Waals surface area contributed by atoms with Crippen molar-refractivity contribution >= 4 is 27.3 Å². The summed E-state index contributed by atoms with van der Waals surface area (Å²) in [5.41, 5.74) is 0. The van der Waals surface area contributed by atoms with Crippen LogP contribution in [0, 0.1) is 0 Å². The highest BCUT2D eigenvalue weighted by Gasteiger charge is 2.16. The van der Waals surface area contributed by atoms with Crippen LogP contribution in [0.15, 0.2) is 28.4 Å². The van der Waals surface area contributed by atoms with Gasteiger partial charge in [0.05, 0.1) is 8.66 Å². The molecular weight excluding hydrogens is 228 g/mol. The molecular formula is C7H5BrO2S. The van der Waals surface area contributed by atoms with E-state index >= 15 is 0 Å². The smallest absolute Gasteiger partial charge is 0.275 e. The van der Waals surface area contributed by atoms with Crippen molar-refractivity contribution in [3.05, 3.63) is 33.3 Å². The molecule has 0 bridgehead atoms. The first-order valence-corrected chi connectivity index (χ1v) is 4.68. The quantitative estimate of drug-likeness (QED) is 0.742. The fraction of sp³-hybridized carbons (Fsp3) is 0.143. The molecule has 0 atom stereocenters. The van der Waals surface area contributed by atoms with Crippen molar-refractivity contribution < 1.29 is 9.47 Å². The van der Waals surface area contributed by atoms with Gasteiger partial charge in [-0.2, -0.15) is 0 Å². The Bertz CT molecular complexity index is 274. The zero-order chi connectivity index (χ0) is 7.68. The summed E-state index contributed by atoms with van der Waals surface area (Å²) in [5.74, 6) is 0. The van der Waals surface area contributed by atoms with Crippen molar-refractivity contribution in [1.82, 2.24) is 0 Å². The Kier molecular flexibility index (Phi) is 1.87. The first-order chi connectivity index (χ1) is 5.36. The fourth-order valence-electron chi connectivity index (χ4n) is 0.828. The van der Waals surface area contributed by atoms with Crippen molar-refractivity contribution in [3.63, 3.8) is 0 Å². The normalized spacial score (nSPS) is 16.5. The molecule has 0 spiro atoms. The van der Waals surface area contributed by atoms with Crippen molar-refractivity contribution in [2.75, 3.05) is 0 Å². The van der Waals surface area contributed by atoms with Crippen LogP contribution in [0.25, 0.3) is 0 Å². The second-order valence-corrected chi connectivity index (χ2v) is 4.51. The zero-order valence-electron chi connectivity index (χ0n) is 5.49. The summed E-state index contributed by atoms with van der Waals surface area (Å²) < 4.78 is 11.4. The van der Waals surface area contributed by atoms with Gasteiger partial charge in [0.1, 0.15) is 12.5 Å². The summed E-state index contributed by atoms with van der Waals surface area (Å²) in [5, 5.41) is 0. The standard InChI is InChI=1S/C7H5BrO2S/c8-6-2-1-5(11-6)7-9-3-4-10-7/h1-4,7H. The van der Waals surface area contributed by atoms with Crippen LogP contribution in [0.2, 0.25) is 0 Å². The molecule has 0 radical (unpaired) electrons. The maximum Gasteiger partial charge on any atom is 0.275 e. The molecule has 0 saturated heterocycles. The molecule has 11 heavy (non-hydrogen) atoms. The minimum atomic E-state index is -0.230. The molecule has 0 aromatic carbocycles. The molecule has 0 unspecified atom stereocenters. The topological polar surface area (TPSA) is 18.5 Å². The summed E-state index contributed by atoms with van der Waals surface area (Å²) in [4.78, 5) is 1.07. The van der Waals surface area contributed by atoms with Crippen molar-refractivity contribution in [2.24, 2.45) is 0 Å². The first-order valence-electron chi connectivity index (χ1n) is 3.07. The van der Waals surface area contributed by atoms with Crippen molar-refractivity contribution in [2.45, 2.75) is 6.29 Å². The maximum atomic E-state index is 5.14. The Hall–Kier alpha value is -0.480. The van der Waals surface area contributed by atoms with Gasteiger partial charge in [0.25, 0.3) is 6.29 Å². The minimum Gasteiger partial charge on any atom is -0.454 e. The van der Waals surface area contributed by atoms with E-state index in [1.807, 2.05) is 12.1 Å². The number of halogens is 1. The Morgan fingerprint density at radius 3 is 2.55 bits per heavy atom. The molecule has 1 aliphatic heterocycles. The Morgan fingerprint density at radius 1 is 1.27 bits per heavy atom. The predicted octanol–water partition coefficient (Wildman–Crippen LogP) is 3.03. The van der Waals surface area contributed by atoms with Gasteiger partial charge in [-0.1, -0.05) is 0 Å². The molecule has 0 aliphatic carbocycles. The third-order valence-corrected chi connectivity index (χ3v) is 2.93. The Morgan fingerprint density at radius 2 is 2.00 bits per heavy atom. The van der Waals surface area contributed by atoms with Crippen LogP contribution in [0.3, 0.4) is 0 Å². The van der Waals surface area contributed by atoms with Crippen LogP contribution < -0.4 is 0 Å². The van der Waals surface area contributed by atoms with Crippen LogP contribution in [0.1, 0.15) is 11.2 Å². The van der Waals surface area contributed by atoms with Gasteiger partial charge in [0.15, 0.2) is 0 Å². The van der Waals surface area contributed by atoms with Crippen molar-refractivity contribution in [1.29, 1.82) is 0 Å². The first kappa shape index (κ1) is 7.18. The monoisotopic (exact) mass is 232 g/mol. The van der Waals surface area contributed by atoms with Gasteiger partial charge < -0.3 is 9.47 Å². The van der Waals surface area contributed by atoms with Crippen LogP contribution in [-0.4, -0.2) is 0 Å². The molecule has 1 aromatic heterocycles. The highest BCUT2D eigenvalue weighted by Crippen LogP contribution is 2.32. The molecule has 1 aliphatic rings. The minimum absolute atomic E-state index is 0.230. The number of hydrogen-bond acceptors (Lipinski definition) is 3. The molecule has 2 rings (SSSR count). The van der Waals surface area contributed by atoms with Crippen LogP contribution >= 0.6 is 27.3 Å². The second-order valence-electron chi connectivity index (χ2n) is 2.02. The summed E-state index contributed by atoms with van der Waals surface area (Å²) >= 11 is 4.98. The molecule has 2 nitrogen and oxygen atoms in total. The second kappa shape index (κ2) is 2.87. The van der Waals surface area contributed by atoms with Gasteiger partial charge >= 0.3 is 0 Å². The number of ether oxygens (including phenoxy) is 2. The van der Waals surface area contributed by atoms with Gasteiger partial charge in [0.2, 0.25) is 0 Å². The average molecular weight is 233 g/mol. The SMILES string of the molecule is Brc1ccc(C2OC=CO2)s1. The summed E-state index contributed by atoms with van der Waals surface area (Å²) in [6, 6.07) is 3.96. The van der Waals surface area contributed by atoms with E-state index in [2.05, 4.69) is 15.9 Å². The van der Waals surface area contributed by atoms with E-state index in [4.69, 9.17) is 9.47 Å². The lowest BCUT2D eigenvalue weighted by molar-refractivity contribution is -0.0216. The van der Waals surface area contributed by atoms with Gasteiger partial charge in [0, 0.05) is 0 Å². The van der Waals surface area contributed by atoms with Crippen LogP contribution in [0.4, 0.5) is 0 Å². The molecule has 0 saturated carbocycles. The van der Waals surface area contributed by atoms with E-state index in [0.717, 1.165) is 8.66 Å².